The molecule has 0 aliphatic rings. The lowest BCUT2D eigenvalue weighted by atomic mass is 9.79. The second-order valence-electron chi connectivity index (χ2n) is 5.73. The molecule has 1 rings (SSSR count). The Morgan fingerprint density at radius 3 is 1.58 bits per heavy atom. The second kappa shape index (κ2) is 5.13. The van der Waals surface area contributed by atoms with Crippen LogP contribution in [0.5, 0.6) is 0 Å². The third-order valence-electron chi connectivity index (χ3n) is 3.28. The van der Waals surface area contributed by atoms with Crippen molar-refractivity contribution in [1.29, 1.82) is 15.8 Å². The fourth-order valence-electron chi connectivity index (χ4n) is 1.74. The zero-order valence-corrected chi connectivity index (χ0v) is 11.8. The summed E-state index contributed by atoms with van der Waals surface area (Å²) in [6.07, 6.45) is 0.282. The third kappa shape index (κ3) is 3.12. The maximum Gasteiger partial charge on any atom is 0.0766 e. The molecule has 96 valence electrons. The van der Waals surface area contributed by atoms with Crippen molar-refractivity contribution >= 4 is 0 Å². The van der Waals surface area contributed by atoms with Crippen LogP contribution < -0.4 is 0 Å². The molecule has 0 N–H and O–H groups in total. The van der Waals surface area contributed by atoms with E-state index in [-0.39, 0.29) is 6.42 Å². The van der Waals surface area contributed by atoms with E-state index in [1.165, 1.54) is 0 Å². The van der Waals surface area contributed by atoms with Crippen LogP contribution in [-0.2, 0) is 17.3 Å². The third-order valence-corrected chi connectivity index (χ3v) is 3.28. The molecule has 0 heterocycles. The molecule has 0 saturated heterocycles. The van der Waals surface area contributed by atoms with Crippen molar-refractivity contribution in [3.05, 3.63) is 34.9 Å². The van der Waals surface area contributed by atoms with Crippen LogP contribution in [0, 0.1) is 34.0 Å². The zero-order chi connectivity index (χ0) is 14.7. The van der Waals surface area contributed by atoms with Crippen LogP contribution in [0.15, 0.2) is 18.2 Å². The minimum atomic E-state index is -0.633. The standard InChI is InChI=1S/C16H17N3/c1-15(2,10-18)13-7-12(5-6-17)8-14(9-13)16(3,4)11-19/h7-9H,5H2,1-4H3. The SMILES string of the molecule is CC(C)(C#N)c1cc(CC#N)cc(C(C)(C)C#N)c1. The van der Waals surface area contributed by atoms with Gasteiger partial charge < -0.3 is 0 Å². The Morgan fingerprint density at radius 1 is 0.842 bits per heavy atom. The smallest absolute Gasteiger partial charge is 0.0766 e. The average Bonchev–Trinajstić information content (AvgIpc) is 2.38. The lowest BCUT2D eigenvalue weighted by molar-refractivity contribution is 0.659. The molecule has 3 nitrogen and oxygen atoms in total. The molecular formula is C16H17N3. The second-order valence-corrected chi connectivity index (χ2v) is 5.73. The van der Waals surface area contributed by atoms with Crippen LogP contribution in [0.3, 0.4) is 0 Å². The number of nitrogens with zero attached hydrogens (tertiary/aromatic N) is 3. The maximum atomic E-state index is 9.24. The van der Waals surface area contributed by atoms with Crippen molar-refractivity contribution in [3.8, 4) is 18.2 Å². The van der Waals surface area contributed by atoms with Crippen molar-refractivity contribution in [1.82, 2.24) is 0 Å². The van der Waals surface area contributed by atoms with Crippen LogP contribution >= 0.6 is 0 Å². The van der Waals surface area contributed by atoms with Crippen LogP contribution in [0.25, 0.3) is 0 Å². The molecule has 0 bridgehead atoms. The van der Waals surface area contributed by atoms with Crippen LogP contribution in [0.2, 0.25) is 0 Å². The summed E-state index contributed by atoms with van der Waals surface area (Å²) in [7, 11) is 0. The van der Waals surface area contributed by atoms with Crippen LogP contribution in [0.1, 0.15) is 44.4 Å². The molecule has 0 unspecified atom stereocenters. The number of rotatable bonds is 3. The molecule has 0 spiro atoms. The van der Waals surface area contributed by atoms with Gasteiger partial charge in [-0.1, -0.05) is 18.2 Å². The molecule has 0 atom stereocenters. The molecule has 0 fully saturated rings. The van der Waals surface area contributed by atoms with Gasteiger partial charge in [0.05, 0.1) is 35.5 Å². The van der Waals surface area contributed by atoms with E-state index >= 15 is 0 Å². The van der Waals surface area contributed by atoms with Crippen molar-refractivity contribution in [2.75, 3.05) is 0 Å². The number of benzene rings is 1. The molecule has 3 heteroatoms. The number of nitriles is 3. The Kier molecular flexibility index (Phi) is 3.98. The summed E-state index contributed by atoms with van der Waals surface area (Å²) < 4.78 is 0. The zero-order valence-electron chi connectivity index (χ0n) is 11.8. The quantitative estimate of drug-likeness (QED) is 0.826. The Balaban J connectivity index is 3.50. The van der Waals surface area contributed by atoms with Crippen molar-refractivity contribution in [3.63, 3.8) is 0 Å². The molecule has 0 aliphatic carbocycles. The van der Waals surface area contributed by atoms with Gasteiger partial charge in [0.25, 0.3) is 0 Å². The summed E-state index contributed by atoms with van der Waals surface area (Å²) in [4.78, 5) is 0. The first-order valence-electron chi connectivity index (χ1n) is 6.11. The van der Waals surface area contributed by atoms with Gasteiger partial charge in [0.1, 0.15) is 0 Å². The maximum absolute atomic E-state index is 9.24. The molecule has 1 aromatic carbocycles. The van der Waals surface area contributed by atoms with Gasteiger partial charge in [0.15, 0.2) is 0 Å². The fraction of sp³-hybridized carbons (Fsp3) is 0.438. The van der Waals surface area contributed by atoms with Crippen molar-refractivity contribution in [2.24, 2.45) is 0 Å². The first kappa shape index (κ1) is 14.7. The molecule has 0 radical (unpaired) electrons. The Hall–Kier alpha value is -2.31. The summed E-state index contributed by atoms with van der Waals surface area (Å²) >= 11 is 0. The Bertz CT molecular complexity index is 560. The normalized spacial score (nSPS) is 11.2. The van der Waals surface area contributed by atoms with E-state index in [0.717, 1.165) is 16.7 Å². The van der Waals surface area contributed by atoms with Crippen molar-refractivity contribution in [2.45, 2.75) is 44.9 Å². The largest absolute Gasteiger partial charge is 0.198 e. The summed E-state index contributed by atoms with van der Waals surface area (Å²) in [5.74, 6) is 0. The lowest BCUT2D eigenvalue weighted by Gasteiger charge is -2.22. The average molecular weight is 251 g/mol. The van der Waals surface area contributed by atoms with Gasteiger partial charge in [-0.3, -0.25) is 0 Å². The van der Waals surface area contributed by atoms with Gasteiger partial charge in [0, 0.05) is 0 Å². The highest BCUT2D eigenvalue weighted by atomic mass is 14.4. The summed E-state index contributed by atoms with van der Waals surface area (Å²) in [5.41, 5.74) is 1.28. The van der Waals surface area contributed by atoms with Crippen molar-refractivity contribution < 1.29 is 0 Å². The molecule has 19 heavy (non-hydrogen) atoms. The molecule has 0 aromatic heterocycles. The predicted molar refractivity (Wildman–Crippen MR) is 73.0 cm³/mol. The number of hydrogen-bond donors (Lipinski definition) is 0. The molecule has 0 aliphatic heterocycles. The summed E-state index contributed by atoms with van der Waals surface area (Å²) in [5, 5.41) is 27.3. The van der Waals surface area contributed by atoms with E-state index in [4.69, 9.17) is 5.26 Å². The Labute approximate surface area is 114 Å². The first-order chi connectivity index (χ1) is 8.76. The van der Waals surface area contributed by atoms with E-state index in [9.17, 15) is 10.5 Å². The highest BCUT2D eigenvalue weighted by molar-refractivity contribution is 5.43. The Morgan fingerprint density at radius 2 is 1.26 bits per heavy atom. The topological polar surface area (TPSA) is 71.4 Å². The van der Waals surface area contributed by atoms with Crippen LogP contribution in [-0.4, -0.2) is 0 Å². The minimum absolute atomic E-state index is 0.282. The van der Waals surface area contributed by atoms with E-state index in [1.54, 1.807) is 0 Å². The van der Waals surface area contributed by atoms with Gasteiger partial charge in [-0.05, 0) is 44.4 Å². The van der Waals surface area contributed by atoms with E-state index in [1.807, 2.05) is 45.9 Å². The molecular weight excluding hydrogens is 234 g/mol. The lowest BCUT2D eigenvalue weighted by Crippen LogP contribution is -2.19. The van der Waals surface area contributed by atoms with Gasteiger partial charge in [-0.25, -0.2) is 0 Å². The molecule has 1 aromatic rings. The number of hydrogen-bond acceptors (Lipinski definition) is 3. The summed E-state index contributed by atoms with van der Waals surface area (Å²) in [6.45, 7) is 7.34. The predicted octanol–water partition coefficient (Wildman–Crippen LogP) is 3.36. The summed E-state index contributed by atoms with van der Waals surface area (Å²) in [6, 6.07) is 12.3. The first-order valence-corrected chi connectivity index (χ1v) is 6.11. The minimum Gasteiger partial charge on any atom is -0.198 e. The van der Waals surface area contributed by atoms with E-state index in [0.29, 0.717) is 0 Å². The monoisotopic (exact) mass is 251 g/mol. The van der Waals surface area contributed by atoms with Crippen LogP contribution in [0.4, 0.5) is 0 Å². The fourth-order valence-corrected chi connectivity index (χ4v) is 1.74. The van der Waals surface area contributed by atoms with E-state index < -0.39 is 10.8 Å². The van der Waals surface area contributed by atoms with Gasteiger partial charge in [-0.15, -0.1) is 0 Å². The highest BCUT2D eigenvalue weighted by Crippen LogP contribution is 2.30. The highest BCUT2D eigenvalue weighted by Gasteiger charge is 2.25. The molecule has 0 amide bonds. The van der Waals surface area contributed by atoms with Gasteiger partial charge in [-0.2, -0.15) is 15.8 Å². The van der Waals surface area contributed by atoms with E-state index in [2.05, 4.69) is 18.2 Å². The molecule has 0 saturated carbocycles. The van der Waals surface area contributed by atoms with Gasteiger partial charge >= 0.3 is 0 Å². The van der Waals surface area contributed by atoms with Gasteiger partial charge in [0.2, 0.25) is 0 Å².